The van der Waals surface area contributed by atoms with Crippen molar-refractivity contribution in [3.8, 4) is 5.75 Å². The SMILES string of the molecule is CCCCOc1cccc(C=NNC(=O)CC(=O)Nc2ccccc2F)c1. The molecule has 0 aliphatic heterocycles. The number of nitrogens with one attached hydrogen (secondary N) is 2. The number of carbonyl (C=O) groups is 2. The first-order valence-electron chi connectivity index (χ1n) is 8.67. The molecule has 6 nitrogen and oxygen atoms in total. The average molecular weight is 371 g/mol. The first-order chi connectivity index (χ1) is 13.1. The minimum absolute atomic E-state index is 0.0266. The number of benzene rings is 2. The van der Waals surface area contributed by atoms with E-state index in [1.165, 1.54) is 24.4 Å². The van der Waals surface area contributed by atoms with Crippen LogP contribution in [0.15, 0.2) is 53.6 Å². The van der Waals surface area contributed by atoms with Crippen LogP contribution >= 0.6 is 0 Å². The Morgan fingerprint density at radius 2 is 1.96 bits per heavy atom. The van der Waals surface area contributed by atoms with Crippen LogP contribution < -0.4 is 15.5 Å². The van der Waals surface area contributed by atoms with Gasteiger partial charge < -0.3 is 10.1 Å². The van der Waals surface area contributed by atoms with Crippen LogP contribution in [0.4, 0.5) is 10.1 Å². The Hall–Kier alpha value is -3.22. The van der Waals surface area contributed by atoms with Crippen LogP contribution in [-0.2, 0) is 9.59 Å². The highest BCUT2D eigenvalue weighted by Crippen LogP contribution is 2.13. The molecule has 0 spiro atoms. The second kappa shape index (κ2) is 10.7. The summed E-state index contributed by atoms with van der Waals surface area (Å²) in [5, 5.41) is 6.16. The molecule has 7 heteroatoms. The maximum absolute atomic E-state index is 13.5. The van der Waals surface area contributed by atoms with Gasteiger partial charge >= 0.3 is 0 Å². The van der Waals surface area contributed by atoms with Crippen molar-refractivity contribution < 1.29 is 18.7 Å². The molecule has 0 atom stereocenters. The Kier molecular flexibility index (Phi) is 7.96. The van der Waals surface area contributed by atoms with Gasteiger partial charge in [0.05, 0.1) is 18.5 Å². The van der Waals surface area contributed by atoms with E-state index in [0.717, 1.165) is 24.2 Å². The molecule has 0 heterocycles. The van der Waals surface area contributed by atoms with Crippen LogP contribution in [0.5, 0.6) is 5.75 Å². The van der Waals surface area contributed by atoms with Gasteiger partial charge in [0.25, 0.3) is 0 Å². The zero-order valence-corrected chi connectivity index (χ0v) is 15.1. The van der Waals surface area contributed by atoms with E-state index in [9.17, 15) is 14.0 Å². The number of amides is 2. The smallest absolute Gasteiger partial charge is 0.249 e. The van der Waals surface area contributed by atoms with Crippen LogP contribution in [-0.4, -0.2) is 24.6 Å². The number of halogens is 1. The lowest BCUT2D eigenvalue weighted by atomic mass is 10.2. The number of ether oxygens (including phenoxy) is 1. The molecule has 2 amide bonds. The van der Waals surface area contributed by atoms with Gasteiger partial charge in [0, 0.05) is 0 Å². The van der Waals surface area contributed by atoms with Crippen LogP contribution in [0.2, 0.25) is 0 Å². The molecule has 0 aromatic heterocycles. The summed E-state index contributed by atoms with van der Waals surface area (Å²) in [6.07, 6.45) is 3.02. The summed E-state index contributed by atoms with van der Waals surface area (Å²) < 4.78 is 19.1. The van der Waals surface area contributed by atoms with E-state index in [0.29, 0.717) is 6.61 Å². The minimum Gasteiger partial charge on any atom is -0.494 e. The number of anilines is 1. The molecule has 0 aliphatic rings. The van der Waals surface area contributed by atoms with Gasteiger partial charge in [-0.3, -0.25) is 9.59 Å². The number of hydrogen-bond donors (Lipinski definition) is 2. The zero-order chi connectivity index (χ0) is 19.5. The number of nitrogens with zero attached hydrogens (tertiary/aromatic N) is 1. The van der Waals surface area contributed by atoms with Crippen molar-refractivity contribution in [1.29, 1.82) is 0 Å². The van der Waals surface area contributed by atoms with E-state index < -0.39 is 24.1 Å². The Balaban J connectivity index is 1.80. The summed E-state index contributed by atoms with van der Waals surface area (Å²) in [6, 6.07) is 13.0. The van der Waals surface area contributed by atoms with Crippen molar-refractivity contribution in [3.63, 3.8) is 0 Å². The summed E-state index contributed by atoms with van der Waals surface area (Å²) in [5.74, 6) is -1.07. The van der Waals surface area contributed by atoms with E-state index >= 15 is 0 Å². The highest BCUT2D eigenvalue weighted by atomic mass is 19.1. The van der Waals surface area contributed by atoms with Crippen molar-refractivity contribution in [2.75, 3.05) is 11.9 Å². The number of unbranched alkanes of at least 4 members (excludes halogenated alkanes) is 1. The Morgan fingerprint density at radius 1 is 1.15 bits per heavy atom. The third-order valence-electron chi connectivity index (χ3n) is 3.50. The highest BCUT2D eigenvalue weighted by Gasteiger charge is 2.10. The molecular weight excluding hydrogens is 349 g/mol. The van der Waals surface area contributed by atoms with E-state index in [4.69, 9.17) is 4.74 Å². The van der Waals surface area contributed by atoms with Crippen molar-refractivity contribution >= 4 is 23.7 Å². The highest BCUT2D eigenvalue weighted by molar-refractivity contribution is 6.03. The first-order valence-corrected chi connectivity index (χ1v) is 8.67. The molecule has 0 saturated carbocycles. The maximum Gasteiger partial charge on any atom is 0.249 e. The molecule has 0 fully saturated rings. The fourth-order valence-corrected chi connectivity index (χ4v) is 2.14. The van der Waals surface area contributed by atoms with Gasteiger partial charge in [0.2, 0.25) is 11.8 Å². The molecule has 0 radical (unpaired) electrons. The average Bonchev–Trinajstić information content (AvgIpc) is 2.64. The van der Waals surface area contributed by atoms with Crippen LogP contribution in [0, 0.1) is 5.82 Å². The van der Waals surface area contributed by atoms with E-state index in [1.54, 1.807) is 12.1 Å². The second-order valence-corrected chi connectivity index (χ2v) is 5.77. The lowest BCUT2D eigenvalue weighted by molar-refractivity contribution is -0.126. The molecule has 2 N–H and O–H groups in total. The van der Waals surface area contributed by atoms with Crippen LogP contribution in [0.3, 0.4) is 0 Å². The molecule has 2 aromatic carbocycles. The quantitative estimate of drug-likeness (QED) is 0.306. The Bertz CT molecular complexity index is 809. The molecule has 27 heavy (non-hydrogen) atoms. The number of rotatable bonds is 9. The van der Waals surface area contributed by atoms with Crippen LogP contribution in [0.1, 0.15) is 31.7 Å². The lowest BCUT2D eigenvalue weighted by Gasteiger charge is -2.06. The monoisotopic (exact) mass is 371 g/mol. The molecule has 0 saturated heterocycles. The fourth-order valence-electron chi connectivity index (χ4n) is 2.14. The van der Waals surface area contributed by atoms with Crippen molar-refractivity contribution in [1.82, 2.24) is 5.43 Å². The predicted molar refractivity (Wildman–Crippen MR) is 102 cm³/mol. The summed E-state index contributed by atoms with van der Waals surface area (Å²) in [4.78, 5) is 23.5. The summed E-state index contributed by atoms with van der Waals surface area (Å²) in [7, 11) is 0. The van der Waals surface area contributed by atoms with Crippen molar-refractivity contribution in [3.05, 3.63) is 59.9 Å². The fraction of sp³-hybridized carbons (Fsp3) is 0.250. The molecule has 142 valence electrons. The zero-order valence-electron chi connectivity index (χ0n) is 15.1. The van der Waals surface area contributed by atoms with Gasteiger partial charge in [-0.2, -0.15) is 5.10 Å². The number of hydrogen-bond acceptors (Lipinski definition) is 4. The standard InChI is InChI=1S/C20H22FN3O3/c1-2-3-11-27-16-8-6-7-15(12-16)14-22-24-20(26)13-19(25)23-18-10-5-4-9-17(18)21/h4-10,12,14H,2-3,11,13H2,1H3,(H,23,25)(H,24,26). The maximum atomic E-state index is 13.5. The predicted octanol–water partition coefficient (Wildman–Crippen LogP) is 3.48. The van der Waals surface area contributed by atoms with E-state index in [-0.39, 0.29) is 5.69 Å². The Morgan fingerprint density at radius 3 is 2.74 bits per heavy atom. The van der Waals surface area contributed by atoms with Gasteiger partial charge in [-0.25, -0.2) is 9.82 Å². The van der Waals surface area contributed by atoms with Crippen LogP contribution in [0.25, 0.3) is 0 Å². The van der Waals surface area contributed by atoms with Gasteiger partial charge in [-0.05, 0) is 36.2 Å². The largest absolute Gasteiger partial charge is 0.494 e. The topological polar surface area (TPSA) is 79.8 Å². The third-order valence-corrected chi connectivity index (χ3v) is 3.50. The van der Waals surface area contributed by atoms with Crippen molar-refractivity contribution in [2.45, 2.75) is 26.2 Å². The van der Waals surface area contributed by atoms with Gasteiger partial charge in [-0.15, -0.1) is 0 Å². The summed E-state index contributed by atoms with van der Waals surface area (Å²) in [5.41, 5.74) is 3.05. The summed E-state index contributed by atoms with van der Waals surface area (Å²) >= 11 is 0. The number of hydrazone groups is 1. The normalized spacial score (nSPS) is 10.6. The molecule has 0 bridgehead atoms. The molecule has 0 aliphatic carbocycles. The van der Waals surface area contributed by atoms with Gasteiger partial charge in [-0.1, -0.05) is 37.6 Å². The molecule has 2 aromatic rings. The first kappa shape index (κ1) is 20.1. The molecule has 2 rings (SSSR count). The second-order valence-electron chi connectivity index (χ2n) is 5.77. The van der Waals surface area contributed by atoms with Crippen molar-refractivity contribution in [2.24, 2.45) is 5.10 Å². The lowest BCUT2D eigenvalue weighted by Crippen LogP contribution is -2.24. The number of carbonyl (C=O) groups excluding carboxylic acids is 2. The minimum atomic E-state index is -0.626. The Labute approximate surface area is 157 Å². The number of para-hydroxylation sites is 1. The van der Waals surface area contributed by atoms with E-state index in [2.05, 4.69) is 22.8 Å². The van der Waals surface area contributed by atoms with E-state index in [1.807, 2.05) is 18.2 Å². The summed E-state index contributed by atoms with van der Waals surface area (Å²) in [6.45, 7) is 2.73. The third kappa shape index (κ3) is 7.27. The molecular formula is C20H22FN3O3. The molecule has 0 unspecified atom stereocenters. The van der Waals surface area contributed by atoms with Gasteiger partial charge in [0.15, 0.2) is 0 Å². The van der Waals surface area contributed by atoms with Gasteiger partial charge in [0.1, 0.15) is 18.0 Å².